The van der Waals surface area contributed by atoms with E-state index in [-0.39, 0.29) is 18.2 Å². The molecule has 1 fully saturated rings. The normalized spacial score (nSPS) is 13.8. The molecule has 0 radical (unpaired) electrons. The first-order valence-electron chi connectivity index (χ1n) is 6.98. The van der Waals surface area contributed by atoms with Crippen molar-refractivity contribution in [1.29, 1.82) is 0 Å². The van der Waals surface area contributed by atoms with Crippen LogP contribution >= 0.6 is 0 Å². The Hall–Kier alpha value is -1.88. The molecule has 0 aliphatic heterocycles. The quantitative estimate of drug-likeness (QED) is 0.693. The molecule has 1 aliphatic carbocycles. The number of carbonyl (C=O) groups excluding carboxylic acids is 2. The smallest absolute Gasteiger partial charge is 0.238 e. The minimum atomic E-state index is -0.0741. The predicted octanol–water partition coefficient (Wildman–Crippen LogP) is 0.913. The molecule has 0 spiro atoms. The maximum absolute atomic E-state index is 11.8. The van der Waals surface area contributed by atoms with E-state index in [1.165, 1.54) is 12.8 Å². The molecule has 2 rings (SSSR count). The number of anilines is 1. The van der Waals surface area contributed by atoms with Gasteiger partial charge in [-0.2, -0.15) is 0 Å². The van der Waals surface area contributed by atoms with Crippen LogP contribution in [0.25, 0.3) is 0 Å². The number of hydrogen-bond donors (Lipinski definition) is 3. The minimum absolute atomic E-state index is 0.0708. The van der Waals surface area contributed by atoms with Crippen LogP contribution < -0.4 is 16.0 Å². The second-order valence-corrected chi connectivity index (χ2v) is 5.13. The number of likely N-dealkylation sites (N-methyl/N-ethyl adjacent to an activating group) is 1. The van der Waals surface area contributed by atoms with Gasteiger partial charge in [0.25, 0.3) is 0 Å². The van der Waals surface area contributed by atoms with Crippen molar-refractivity contribution in [2.45, 2.75) is 19.3 Å². The molecule has 1 aromatic carbocycles. The summed E-state index contributed by atoms with van der Waals surface area (Å²) in [5.74, 6) is 0.608. The lowest BCUT2D eigenvalue weighted by Gasteiger charge is -2.11. The van der Waals surface area contributed by atoms with Gasteiger partial charge in [0.1, 0.15) is 0 Å². The molecule has 20 heavy (non-hydrogen) atoms. The van der Waals surface area contributed by atoms with Crippen molar-refractivity contribution in [3.63, 3.8) is 0 Å². The summed E-state index contributed by atoms with van der Waals surface area (Å²) >= 11 is 0. The number of hydrogen-bond acceptors (Lipinski definition) is 3. The Bertz CT molecular complexity index is 484. The van der Waals surface area contributed by atoms with E-state index in [1.807, 2.05) is 24.3 Å². The first kappa shape index (κ1) is 14.5. The fraction of sp³-hybridized carbons (Fsp3) is 0.467. The zero-order chi connectivity index (χ0) is 14.4. The molecule has 1 aliphatic rings. The Morgan fingerprint density at radius 1 is 1.20 bits per heavy atom. The van der Waals surface area contributed by atoms with Crippen LogP contribution in [-0.2, 0) is 16.0 Å². The molecule has 1 saturated carbocycles. The fourth-order valence-electron chi connectivity index (χ4n) is 1.96. The van der Waals surface area contributed by atoms with Gasteiger partial charge in [-0.25, -0.2) is 0 Å². The molecular weight excluding hydrogens is 254 g/mol. The monoisotopic (exact) mass is 275 g/mol. The van der Waals surface area contributed by atoms with Crippen molar-refractivity contribution >= 4 is 17.5 Å². The molecule has 108 valence electrons. The third-order valence-corrected chi connectivity index (χ3v) is 3.34. The Labute approximate surface area is 119 Å². The highest BCUT2D eigenvalue weighted by molar-refractivity contribution is 5.93. The molecule has 0 bridgehead atoms. The van der Waals surface area contributed by atoms with Crippen molar-refractivity contribution in [2.24, 2.45) is 5.92 Å². The van der Waals surface area contributed by atoms with Crippen LogP contribution in [0.2, 0.25) is 0 Å². The zero-order valence-corrected chi connectivity index (χ0v) is 11.7. The summed E-state index contributed by atoms with van der Waals surface area (Å²) in [5.41, 5.74) is 1.52. The number of benzene rings is 1. The van der Waals surface area contributed by atoms with Gasteiger partial charge >= 0.3 is 0 Å². The Balaban J connectivity index is 1.86. The largest absolute Gasteiger partial charge is 0.359 e. The molecule has 5 nitrogen and oxygen atoms in total. The molecule has 0 saturated heterocycles. The lowest BCUT2D eigenvalue weighted by molar-refractivity contribution is -0.120. The molecule has 3 N–H and O–H groups in total. The SMILES string of the molecule is CNC(=O)Cc1ccccc1NC(=O)CNCC1CC1. The van der Waals surface area contributed by atoms with E-state index in [2.05, 4.69) is 16.0 Å². The van der Waals surface area contributed by atoms with Crippen molar-refractivity contribution < 1.29 is 9.59 Å². The average Bonchev–Trinajstić information content (AvgIpc) is 3.25. The van der Waals surface area contributed by atoms with Gasteiger partial charge in [0, 0.05) is 12.7 Å². The van der Waals surface area contributed by atoms with Gasteiger partial charge < -0.3 is 16.0 Å². The topological polar surface area (TPSA) is 70.2 Å². The van der Waals surface area contributed by atoms with Crippen molar-refractivity contribution in [2.75, 3.05) is 25.5 Å². The van der Waals surface area contributed by atoms with Crippen molar-refractivity contribution in [3.05, 3.63) is 29.8 Å². The average molecular weight is 275 g/mol. The summed E-state index contributed by atoms with van der Waals surface area (Å²) in [6, 6.07) is 7.37. The van der Waals surface area contributed by atoms with Gasteiger partial charge in [0.2, 0.25) is 11.8 Å². The minimum Gasteiger partial charge on any atom is -0.359 e. The third kappa shape index (κ3) is 4.66. The first-order chi connectivity index (χ1) is 9.69. The lowest BCUT2D eigenvalue weighted by atomic mass is 10.1. The number of amides is 2. The van der Waals surface area contributed by atoms with Gasteiger partial charge in [-0.15, -0.1) is 0 Å². The van der Waals surface area contributed by atoms with Crippen LogP contribution in [-0.4, -0.2) is 32.0 Å². The molecule has 0 aromatic heterocycles. The molecular formula is C15H21N3O2. The van der Waals surface area contributed by atoms with Gasteiger partial charge in [-0.3, -0.25) is 9.59 Å². The van der Waals surface area contributed by atoms with Crippen molar-refractivity contribution in [1.82, 2.24) is 10.6 Å². The Morgan fingerprint density at radius 2 is 1.95 bits per heavy atom. The van der Waals surface area contributed by atoms with Crippen LogP contribution in [0.5, 0.6) is 0 Å². The third-order valence-electron chi connectivity index (χ3n) is 3.34. The van der Waals surface area contributed by atoms with Gasteiger partial charge in [-0.05, 0) is 36.9 Å². The van der Waals surface area contributed by atoms with E-state index in [0.29, 0.717) is 12.2 Å². The van der Waals surface area contributed by atoms with Crippen LogP contribution in [0.4, 0.5) is 5.69 Å². The van der Waals surface area contributed by atoms with Crippen molar-refractivity contribution in [3.8, 4) is 0 Å². The molecule has 0 atom stereocenters. The molecule has 0 heterocycles. The molecule has 5 heteroatoms. The molecule has 2 amide bonds. The van der Waals surface area contributed by atoms with E-state index >= 15 is 0 Å². The summed E-state index contributed by atoms with van der Waals surface area (Å²) in [7, 11) is 1.60. The maximum atomic E-state index is 11.8. The lowest BCUT2D eigenvalue weighted by Crippen LogP contribution is -2.30. The second-order valence-electron chi connectivity index (χ2n) is 5.13. The van der Waals surface area contributed by atoms with E-state index < -0.39 is 0 Å². The number of rotatable bonds is 7. The first-order valence-corrected chi connectivity index (χ1v) is 6.98. The van der Waals surface area contributed by atoms with Crippen LogP contribution in [0.1, 0.15) is 18.4 Å². The Kier molecular flexibility index (Phi) is 5.12. The van der Waals surface area contributed by atoms with Gasteiger partial charge in [0.05, 0.1) is 13.0 Å². The highest BCUT2D eigenvalue weighted by atomic mass is 16.2. The molecule has 1 aromatic rings. The van der Waals surface area contributed by atoms with Crippen LogP contribution in [0, 0.1) is 5.92 Å². The summed E-state index contributed by atoms with van der Waals surface area (Å²) < 4.78 is 0. The highest BCUT2D eigenvalue weighted by Crippen LogP contribution is 2.27. The Morgan fingerprint density at radius 3 is 2.65 bits per heavy atom. The summed E-state index contributed by atoms with van der Waals surface area (Å²) in [4.78, 5) is 23.3. The number of para-hydroxylation sites is 1. The van der Waals surface area contributed by atoms with Gasteiger partial charge in [0.15, 0.2) is 0 Å². The van der Waals surface area contributed by atoms with Crippen LogP contribution in [0.3, 0.4) is 0 Å². The van der Waals surface area contributed by atoms with E-state index in [9.17, 15) is 9.59 Å². The number of carbonyl (C=O) groups is 2. The standard InChI is InChI=1S/C15H21N3O2/c1-16-14(19)8-12-4-2-3-5-13(12)18-15(20)10-17-9-11-6-7-11/h2-5,11,17H,6-10H2,1H3,(H,16,19)(H,18,20). The molecule has 0 unspecified atom stereocenters. The maximum Gasteiger partial charge on any atom is 0.238 e. The summed E-state index contributed by atoms with van der Waals surface area (Å²) in [6.07, 6.45) is 2.80. The van der Waals surface area contributed by atoms with E-state index in [4.69, 9.17) is 0 Å². The second kappa shape index (κ2) is 7.05. The fourth-order valence-corrected chi connectivity index (χ4v) is 1.96. The summed E-state index contributed by atoms with van der Waals surface area (Å²) in [6.45, 7) is 1.22. The summed E-state index contributed by atoms with van der Waals surface area (Å²) in [5, 5.41) is 8.58. The van der Waals surface area contributed by atoms with Gasteiger partial charge in [-0.1, -0.05) is 18.2 Å². The highest BCUT2D eigenvalue weighted by Gasteiger charge is 2.20. The number of nitrogens with one attached hydrogen (secondary N) is 3. The van der Waals surface area contributed by atoms with E-state index in [0.717, 1.165) is 18.0 Å². The zero-order valence-electron chi connectivity index (χ0n) is 11.7. The van der Waals surface area contributed by atoms with Crippen LogP contribution in [0.15, 0.2) is 24.3 Å². The predicted molar refractivity (Wildman–Crippen MR) is 78.4 cm³/mol. The van der Waals surface area contributed by atoms with E-state index in [1.54, 1.807) is 7.05 Å².